The molecule has 1 aliphatic carbocycles. The second kappa shape index (κ2) is 16.7. The van der Waals surface area contributed by atoms with Gasteiger partial charge in [-0.1, -0.05) is 109 Å². The minimum absolute atomic E-state index is 0.256. The fourth-order valence-corrected chi connectivity index (χ4v) is 7.59. The highest BCUT2D eigenvalue weighted by atomic mass is 16.7. The van der Waals surface area contributed by atoms with E-state index < -0.39 is 30.2 Å². The Hall–Kier alpha value is -4.83. The van der Waals surface area contributed by atoms with Crippen molar-refractivity contribution in [1.82, 2.24) is 0 Å². The maximum Gasteiger partial charge on any atom is 0.225 e. The quantitative estimate of drug-likeness (QED) is 0.100. The molecule has 2 heterocycles. The summed E-state index contributed by atoms with van der Waals surface area (Å²) in [4.78, 5) is 13.1. The molecule has 2 aliphatic heterocycles. The highest BCUT2D eigenvalue weighted by molar-refractivity contribution is 5.58. The molecule has 0 radical (unpaired) electrons. The third-order valence-electron chi connectivity index (χ3n) is 10.5. The Kier molecular flexibility index (Phi) is 11.2. The third kappa shape index (κ3) is 7.99. The molecule has 278 valence electrons. The minimum Gasteiger partial charge on any atom is -0.486 e. The first-order valence-electron chi connectivity index (χ1n) is 18.8. The van der Waals surface area contributed by atoms with Crippen molar-refractivity contribution in [1.29, 1.82) is 0 Å². The molecule has 1 saturated carbocycles. The van der Waals surface area contributed by atoms with E-state index in [1.165, 1.54) is 5.56 Å². The number of fused-ring (bicyclic) bond motifs is 1. The molecule has 3 unspecified atom stereocenters. The number of aldehydes is 1. The summed E-state index contributed by atoms with van der Waals surface area (Å²) >= 11 is 0. The van der Waals surface area contributed by atoms with Crippen LogP contribution in [0.1, 0.15) is 57.7 Å². The van der Waals surface area contributed by atoms with Crippen LogP contribution in [-0.4, -0.2) is 51.0 Å². The second-order valence-corrected chi connectivity index (χ2v) is 14.2. The number of hydrogen-bond acceptors (Lipinski definition) is 8. The van der Waals surface area contributed by atoms with Gasteiger partial charge in [-0.05, 0) is 76.8 Å². The van der Waals surface area contributed by atoms with Gasteiger partial charge in [-0.2, -0.15) is 0 Å². The van der Waals surface area contributed by atoms with Gasteiger partial charge in [0.05, 0.1) is 19.8 Å². The fraction of sp³-hybridized carbons (Fsp3) is 0.326. The smallest absolute Gasteiger partial charge is 0.225 e. The Bertz CT molecular complexity index is 1980. The number of carbonyl (C=O) groups excluding carboxylic acids is 1. The summed E-state index contributed by atoms with van der Waals surface area (Å²) in [5.74, 6) is 0.481. The maximum atomic E-state index is 13.1. The van der Waals surface area contributed by atoms with Gasteiger partial charge in [0.1, 0.15) is 37.6 Å². The van der Waals surface area contributed by atoms with Gasteiger partial charge in [-0.25, -0.2) is 0 Å². The van der Waals surface area contributed by atoms with Crippen molar-refractivity contribution in [3.63, 3.8) is 0 Å². The predicted molar refractivity (Wildman–Crippen MR) is 203 cm³/mol. The minimum atomic E-state index is -1.53. The van der Waals surface area contributed by atoms with Crippen LogP contribution >= 0.6 is 0 Å². The number of carbonyl (C=O) groups is 1. The van der Waals surface area contributed by atoms with Gasteiger partial charge in [0, 0.05) is 12.7 Å². The van der Waals surface area contributed by atoms with E-state index in [0.29, 0.717) is 25.6 Å². The molecule has 0 spiro atoms. The van der Waals surface area contributed by atoms with E-state index >= 15 is 0 Å². The Morgan fingerprint density at radius 1 is 0.648 bits per heavy atom. The average Bonchev–Trinajstić information content (AvgIpc) is 4.08. The standard InChI is InChI=1S/C46H46O8/c1-48-46(38-20-21-39(36-18-19-36)37(27-38)25-35-17-22-40-41(26-35)50-24-23-49-40)45(53-31-34-15-9-4-10-16-34)44(52-30-33-13-7-3-8-14-33)43(42(28-47)54-46)51-29-32-11-5-2-6-12-32/h2-17,20-22,26-28,36,42-45H,18-19,23-25,29-31H2,1H3/t42?,43?,44-,45+,46?/m0/s1. The first-order chi connectivity index (χ1) is 26.6. The number of hydrogen-bond donors (Lipinski definition) is 0. The first kappa shape index (κ1) is 36.2. The molecule has 0 bridgehead atoms. The molecule has 0 aromatic heterocycles. The van der Waals surface area contributed by atoms with Gasteiger partial charge in [0.15, 0.2) is 17.8 Å². The van der Waals surface area contributed by atoms with Crippen LogP contribution in [0.4, 0.5) is 0 Å². The lowest BCUT2D eigenvalue weighted by atomic mass is 9.85. The van der Waals surface area contributed by atoms with Gasteiger partial charge in [0.2, 0.25) is 5.79 Å². The highest BCUT2D eigenvalue weighted by Gasteiger charge is 2.58. The van der Waals surface area contributed by atoms with Gasteiger partial charge in [-0.15, -0.1) is 0 Å². The molecule has 5 atom stereocenters. The van der Waals surface area contributed by atoms with Crippen LogP contribution in [0.5, 0.6) is 11.5 Å². The van der Waals surface area contributed by atoms with Gasteiger partial charge in [-0.3, -0.25) is 0 Å². The largest absolute Gasteiger partial charge is 0.486 e. The lowest BCUT2D eigenvalue weighted by Gasteiger charge is -2.51. The Labute approximate surface area is 316 Å². The topological polar surface area (TPSA) is 81.7 Å². The van der Waals surface area contributed by atoms with Crippen LogP contribution in [0.3, 0.4) is 0 Å². The van der Waals surface area contributed by atoms with Crippen molar-refractivity contribution in [3.8, 4) is 11.5 Å². The zero-order valence-electron chi connectivity index (χ0n) is 30.5. The average molecular weight is 727 g/mol. The summed E-state index contributed by atoms with van der Waals surface area (Å²) in [5, 5.41) is 0. The summed E-state index contributed by atoms with van der Waals surface area (Å²) in [5.41, 5.74) is 7.22. The van der Waals surface area contributed by atoms with Crippen LogP contribution in [0, 0.1) is 0 Å². The monoisotopic (exact) mass is 726 g/mol. The van der Waals surface area contributed by atoms with E-state index in [0.717, 1.165) is 64.0 Å². The number of rotatable bonds is 15. The molecule has 1 saturated heterocycles. The normalized spacial score (nSPS) is 23.5. The molecule has 0 amide bonds. The maximum absolute atomic E-state index is 13.1. The van der Waals surface area contributed by atoms with E-state index in [2.05, 4.69) is 30.3 Å². The highest BCUT2D eigenvalue weighted by Crippen LogP contribution is 2.47. The van der Waals surface area contributed by atoms with E-state index in [9.17, 15) is 4.79 Å². The molecule has 2 fully saturated rings. The zero-order chi connectivity index (χ0) is 36.7. The lowest BCUT2D eigenvalue weighted by molar-refractivity contribution is -0.373. The van der Waals surface area contributed by atoms with Crippen molar-refractivity contribution >= 4 is 6.29 Å². The molecule has 5 aromatic rings. The third-order valence-corrected chi connectivity index (χ3v) is 10.5. The summed E-state index contributed by atoms with van der Waals surface area (Å²) < 4.78 is 45.5. The zero-order valence-corrected chi connectivity index (χ0v) is 30.5. The van der Waals surface area contributed by atoms with E-state index in [4.69, 9.17) is 33.2 Å². The summed E-state index contributed by atoms with van der Waals surface area (Å²) in [6.45, 7) is 1.85. The van der Waals surface area contributed by atoms with Crippen LogP contribution in [0.2, 0.25) is 0 Å². The molecule has 5 aromatic carbocycles. The molecule has 8 heteroatoms. The molecule has 8 nitrogen and oxygen atoms in total. The lowest BCUT2D eigenvalue weighted by Crippen LogP contribution is -2.65. The van der Waals surface area contributed by atoms with Crippen molar-refractivity contribution in [3.05, 3.63) is 166 Å². The molecule has 3 aliphatic rings. The van der Waals surface area contributed by atoms with Crippen LogP contribution in [0.25, 0.3) is 0 Å². The van der Waals surface area contributed by atoms with Crippen LogP contribution in [-0.2, 0) is 60.5 Å². The molecule has 54 heavy (non-hydrogen) atoms. The predicted octanol–water partition coefficient (Wildman–Crippen LogP) is 8.08. The Morgan fingerprint density at radius 2 is 1.24 bits per heavy atom. The molecular formula is C46H46O8. The van der Waals surface area contributed by atoms with Gasteiger partial charge >= 0.3 is 0 Å². The summed E-state index contributed by atoms with van der Waals surface area (Å²) in [6.07, 6.45) is 0.289. The Balaban J connectivity index is 1.20. The van der Waals surface area contributed by atoms with Crippen molar-refractivity contribution in [2.24, 2.45) is 0 Å². The SMILES string of the molecule is COC1(c2ccc(C3CC3)c(Cc3ccc4c(c3)OCCO4)c2)OC(C=O)C(OCc2ccccc2)[C@H](OCc2ccccc2)[C@H]1OCc1ccccc1. The van der Waals surface area contributed by atoms with E-state index in [1.807, 2.05) is 97.1 Å². The van der Waals surface area contributed by atoms with Crippen molar-refractivity contribution in [2.75, 3.05) is 20.3 Å². The summed E-state index contributed by atoms with van der Waals surface area (Å²) in [7, 11) is 1.61. The molecule has 0 N–H and O–H groups in total. The van der Waals surface area contributed by atoms with Gasteiger partial charge < -0.3 is 38.0 Å². The van der Waals surface area contributed by atoms with Gasteiger partial charge in [0.25, 0.3) is 0 Å². The molecule has 8 rings (SSSR count). The van der Waals surface area contributed by atoms with Crippen LogP contribution in [0.15, 0.2) is 127 Å². The Morgan fingerprint density at radius 3 is 1.83 bits per heavy atom. The first-order valence-corrected chi connectivity index (χ1v) is 18.8. The second-order valence-electron chi connectivity index (χ2n) is 14.2. The number of ether oxygens (including phenoxy) is 7. The van der Waals surface area contributed by atoms with Crippen molar-refractivity contribution in [2.45, 2.75) is 75.2 Å². The number of benzene rings is 5. The summed E-state index contributed by atoms with van der Waals surface area (Å²) in [6, 6.07) is 42.4. The van der Waals surface area contributed by atoms with Crippen LogP contribution < -0.4 is 9.47 Å². The molecular weight excluding hydrogens is 680 g/mol. The van der Waals surface area contributed by atoms with E-state index in [1.54, 1.807) is 7.11 Å². The fourth-order valence-electron chi connectivity index (χ4n) is 7.59. The van der Waals surface area contributed by atoms with E-state index in [-0.39, 0.29) is 19.8 Å². The van der Waals surface area contributed by atoms with Crippen molar-refractivity contribution < 1.29 is 38.0 Å². The number of methoxy groups -OCH3 is 1.